The molecule has 0 aromatic carbocycles. The van der Waals surface area contributed by atoms with Crippen LogP contribution in [0.15, 0.2) is 0 Å². The highest BCUT2D eigenvalue weighted by Gasteiger charge is 2.29. The third-order valence-corrected chi connectivity index (χ3v) is 3.03. The highest BCUT2D eigenvalue weighted by molar-refractivity contribution is 5.60. The molecule has 1 aliphatic carbocycles. The standard InChI is InChI=1S/C11H18N4O2/c1-7(2)9-10(15(16)17)11(14(3)13-9)12-6-8-4-5-8/h7-8,12H,4-6H2,1-3H3. The molecule has 0 spiro atoms. The number of aryl methyl sites for hydroxylation is 1. The van der Waals surface area contributed by atoms with Crippen LogP contribution in [0, 0.1) is 16.0 Å². The van der Waals surface area contributed by atoms with Crippen molar-refractivity contribution < 1.29 is 4.92 Å². The number of nitrogens with zero attached hydrogens (tertiary/aromatic N) is 3. The van der Waals surface area contributed by atoms with E-state index in [1.165, 1.54) is 12.8 Å². The molecule has 0 radical (unpaired) electrons. The van der Waals surface area contributed by atoms with Crippen molar-refractivity contribution >= 4 is 11.5 Å². The van der Waals surface area contributed by atoms with Gasteiger partial charge in [0, 0.05) is 19.5 Å². The Labute approximate surface area is 100 Å². The second-order valence-electron chi connectivity index (χ2n) is 4.94. The summed E-state index contributed by atoms with van der Waals surface area (Å²) in [5.41, 5.74) is 0.680. The minimum atomic E-state index is -0.336. The second kappa shape index (κ2) is 4.35. The summed E-state index contributed by atoms with van der Waals surface area (Å²) >= 11 is 0. The van der Waals surface area contributed by atoms with E-state index in [1.54, 1.807) is 11.7 Å². The van der Waals surface area contributed by atoms with Crippen LogP contribution in [0.2, 0.25) is 0 Å². The molecule has 0 atom stereocenters. The first-order valence-electron chi connectivity index (χ1n) is 5.95. The van der Waals surface area contributed by atoms with E-state index < -0.39 is 0 Å². The number of hydrogen-bond donors (Lipinski definition) is 1. The highest BCUT2D eigenvalue weighted by Crippen LogP contribution is 2.34. The lowest BCUT2D eigenvalue weighted by molar-refractivity contribution is -0.384. The van der Waals surface area contributed by atoms with Crippen LogP contribution < -0.4 is 5.32 Å². The van der Waals surface area contributed by atoms with Crippen molar-refractivity contribution in [1.29, 1.82) is 0 Å². The van der Waals surface area contributed by atoms with Crippen LogP contribution in [-0.4, -0.2) is 21.2 Å². The predicted molar refractivity (Wildman–Crippen MR) is 65.2 cm³/mol. The third kappa shape index (κ3) is 2.40. The summed E-state index contributed by atoms with van der Waals surface area (Å²) in [6.45, 7) is 4.64. The number of nitrogens with one attached hydrogen (secondary N) is 1. The number of rotatable bonds is 5. The van der Waals surface area contributed by atoms with Crippen molar-refractivity contribution in [2.45, 2.75) is 32.6 Å². The largest absolute Gasteiger partial charge is 0.364 e. The summed E-state index contributed by atoms with van der Waals surface area (Å²) in [5, 5.41) is 18.5. The topological polar surface area (TPSA) is 73.0 Å². The third-order valence-electron chi connectivity index (χ3n) is 3.03. The van der Waals surface area contributed by atoms with Gasteiger partial charge in [0.05, 0.1) is 4.92 Å². The Morgan fingerprint density at radius 3 is 2.71 bits per heavy atom. The summed E-state index contributed by atoms with van der Waals surface area (Å²) in [7, 11) is 1.74. The summed E-state index contributed by atoms with van der Waals surface area (Å²) in [6, 6.07) is 0. The molecule has 0 unspecified atom stereocenters. The van der Waals surface area contributed by atoms with Crippen LogP contribution in [0.3, 0.4) is 0 Å². The molecule has 1 aromatic rings. The average Bonchev–Trinajstić information content (AvgIpc) is 2.99. The first-order valence-corrected chi connectivity index (χ1v) is 5.95. The molecule has 1 fully saturated rings. The maximum atomic E-state index is 11.1. The average molecular weight is 238 g/mol. The molecule has 6 nitrogen and oxygen atoms in total. The van der Waals surface area contributed by atoms with Gasteiger partial charge >= 0.3 is 5.69 Å². The van der Waals surface area contributed by atoms with Gasteiger partial charge in [-0.05, 0) is 18.8 Å². The first kappa shape index (κ1) is 11.9. The molecular weight excluding hydrogens is 220 g/mol. The zero-order valence-electron chi connectivity index (χ0n) is 10.4. The molecule has 0 amide bonds. The normalized spacial score (nSPS) is 15.3. The fraction of sp³-hybridized carbons (Fsp3) is 0.727. The SMILES string of the molecule is CC(C)c1nn(C)c(NCC2CC2)c1[N+](=O)[O-]. The van der Waals surface area contributed by atoms with Crippen LogP contribution in [0.4, 0.5) is 11.5 Å². The number of anilines is 1. The number of nitro groups is 1. The summed E-state index contributed by atoms with van der Waals surface area (Å²) in [6.07, 6.45) is 2.44. The molecule has 1 aromatic heterocycles. The van der Waals surface area contributed by atoms with Crippen molar-refractivity contribution in [3.05, 3.63) is 15.8 Å². The van der Waals surface area contributed by atoms with Gasteiger partial charge in [0.1, 0.15) is 5.69 Å². The van der Waals surface area contributed by atoms with Gasteiger partial charge in [-0.25, -0.2) is 4.68 Å². The lowest BCUT2D eigenvalue weighted by Gasteiger charge is -2.04. The van der Waals surface area contributed by atoms with Crippen molar-refractivity contribution in [1.82, 2.24) is 9.78 Å². The van der Waals surface area contributed by atoms with Crippen LogP contribution in [0.5, 0.6) is 0 Å². The van der Waals surface area contributed by atoms with E-state index in [0.29, 0.717) is 17.4 Å². The van der Waals surface area contributed by atoms with Crippen molar-refractivity contribution in [3.63, 3.8) is 0 Å². The zero-order valence-corrected chi connectivity index (χ0v) is 10.4. The molecule has 0 saturated heterocycles. The smallest absolute Gasteiger partial charge is 0.334 e. The van der Waals surface area contributed by atoms with Crippen LogP contribution in [0.1, 0.15) is 38.3 Å². The molecule has 0 aliphatic heterocycles. The Balaban J connectivity index is 2.30. The summed E-state index contributed by atoms with van der Waals surface area (Å²) in [4.78, 5) is 10.8. The van der Waals surface area contributed by atoms with Crippen LogP contribution >= 0.6 is 0 Å². The summed E-state index contributed by atoms with van der Waals surface area (Å²) in [5.74, 6) is 1.26. The Morgan fingerprint density at radius 1 is 1.59 bits per heavy atom. The van der Waals surface area contributed by atoms with Gasteiger partial charge in [-0.1, -0.05) is 13.8 Å². The molecule has 17 heavy (non-hydrogen) atoms. The van der Waals surface area contributed by atoms with Crippen molar-refractivity contribution in [3.8, 4) is 0 Å². The van der Waals surface area contributed by atoms with E-state index in [-0.39, 0.29) is 16.5 Å². The maximum absolute atomic E-state index is 11.1. The number of aromatic nitrogens is 2. The molecule has 1 saturated carbocycles. The zero-order chi connectivity index (χ0) is 12.6. The van der Waals surface area contributed by atoms with E-state index in [9.17, 15) is 10.1 Å². The van der Waals surface area contributed by atoms with Gasteiger partial charge in [-0.15, -0.1) is 0 Å². The van der Waals surface area contributed by atoms with Gasteiger partial charge in [-0.2, -0.15) is 5.10 Å². The Bertz CT molecular complexity index is 435. The van der Waals surface area contributed by atoms with E-state index in [0.717, 1.165) is 6.54 Å². The molecule has 0 bridgehead atoms. The summed E-state index contributed by atoms with van der Waals surface area (Å²) < 4.78 is 1.58. The fourth-order valence-corrected chi connectivity index (χ4v) is 1.86. The minimum absolute atomic E-state index is 0.0538. The molecule has 94 valence electrons. The maximum Gasteiger partial charge on any atom is 0.334 e. The Hall–Kier alpha value is -1.59. The van der Waals surface area contributed by atoms with E-state index in [1.807, 2.05) is 13.8 Å². The minimum Gasteiger partial charge on any atom is -0.364 e. The van der Waals surface area contributed by atoms with Crippen LogP contribution in [-0.2, 0) is 7.05 Å². The quantitative estimate of drug-likeness (QED) is 0.631. The molecule has 2 rings (SSSR count). The molecule has 1 aliphatic rings. The number of hydrogen-bond acceptors (Lipinski definition) is 4. The first-order chi connectivity index (χ1) is 8.00. The van der Waals surface area contributed by atoms with Gasteiger partial charge in [0.2, 0.25) is 5.82 Å². The van der Waals surface area contributed by atoms with Crippen molar-refractivity contribution in [2.24, 2.45) is 13.0 Å². The van der Waals surface area contributed by atoms with Gasteiger partial charge in [0.15, 0.2) is 0 Å². The lowest BCUT2D eigenvalue weighted by atomic mass is 10.1. The molecule has 1 heterocycles. The molecule has 6 heteroatoms. The van der Waals surface area contributed by atoms with Gasteiger partial charge in [-0.3, -0.25) is 10.1 Å². The second-order valence-corrected chi connectivity index (χ2v) is 4.94. The lowest BCUT2D eigenvalue weighted by Crippen LogP contribution is -2.09. The van der Waals surface area contributed by atoms with Gasteiger partial charge < -0.3 is 5.32 Å². The van der Waals surface area contributed by atoms with E-state index >= 15 is 0 Å². The fourth-order valence-electron chi connectivity index (χ4n) is 1.86. The Kier molecular flexibility index (Phi) is 3.04. The highest BCUT2D eigenvalue weighted by atomic mass is 16.6. The van der Waals surface area contributed by atoms with Crippen LogP contribution in [0.25, 0.3) is 0 Å². The predicted octanol–water partition coefficient (Wildman–Crippen LogP) is 2.27. The monoisotopic (exact) mass is 238 g/mol. The van der Waals surface area contributed by atoms with Gasteiger partial charge in [0.25, 0.3) is 0 Å². The van der Waals surface area contributed by atoms with Crippen molar-refractivity contribution in [2.75, 3.05) is 11.9 Å². The molecular formula is C11H18N4O2. The van der Waals surface area contributed by atoms with E-state index in [4.69, 9.17) is 0 Å². The Morgan fingerprint density at radius 2 is 2.24 bits per heavy atom. The molecule has 1 N–H and O–H groups in total. The van der Waals surface area contributed by atoms with E-state index in [2.05, 4.69) is 10.4 Å².